The number of hydrogen-bond donors (Lipinski definition) is 3. The molecule has 25 heavy (non-hydrogen) atoms. The second-order valence-electron chi connectivity index (χ2n) is 6.38. The lowest BCUT2D eigenvalue weighted by Crippen LogP contribution is -2.33. The molecule has 0 aliphatic heterocycles. The SMILES string of the molecule is C=C(C(=O)Nc1cnn(-c2ncccn2)c1)/C(C)=C(/N)NC1(C)CC1. The molecule has 130 valence electrons. The molecule has 4 N–H and O–H groups in total. The number of carbonyl (C=O) groups excluding carboxylic acids is 1. The van der Waals surface area contributed by atoms with Crippen LogP contribution in [0.1, 0.15) is 26.7 Å². The van der Waals surface area contributed by atoms with Crippen LogP contribution in [0.25, 0.3) is 5.95 Å². The molecule has 1 saturated carbocycles. The summed E-state index contributed by atoms with van der Waals surface area (Å²) in [7, 11) is 0. The lowest BCUT2D eigenvalue weighted by molar-refractivity contribution is -0.112. The zero-order chi connectivity index (χ0) is 18.0. The van der Waals surface area contributed by atoms with Gasteiger partial charge in [0.25, 0.3) is 5.91 Å². The fourth-order valence-electron chi connectivity index (χ4n) is 2.18. The molecule has 8 heteroatoms. The van der Waals surface area contributed by atoms with Crippen LogP contribution in [0.2, 0.25) is 0 Å². The van der Waals surface area contributed by atoms with Crippen LogP contribution in [0.4, 0.5) is 5.69 Å². The van der Waals surface area contributed by atoms with Crippen LogP contribution < -0.4 is 16.4 Å². The van der Waals surface area contributed by atoms with E-state index in [2.05, 4.69) is 39.2 Å². The van der Waals surface area contributed by atoms with Crippen LogP contribution in [0.3, 0.4) is 0 Å². The highest BCUT2D eigenvalue weighted by Gasteiger charge is 2.37. The Morgan fingerprint density at radius 2 is 2.04 bits per heavy atom. The van der Waals surface area contributed by atoms with E-state index in [9.17, 15) is 4.79 Å². The minimum absolute atomic E-state index is 0.0406. The summed E-state index contributed by atoms with van der Waals surface area (Å²) in [4.78, 5) is 20.6. The molecule has 2 heterocycles. The van der Waals surface area contributed by atoms with Gasteiger partial charge < -0.3 is 16.4 Å². The third kappa shape index (κ3) is 3.85. The molecule has 1 fully saturated rings. The van der Waals surface area contributed by atoms with E-state index in [4.69, 9.17) is 5.73 Å². The molecule has 0 spiro atoms. The smallest absolute Gasteiger partial charge is 0.255 e. The fourth-order valence-corrected chi connectivity index (χ4v) is 2.18. The summed E-state index contributed by atoms with van der Waals surface area (Å²) in [6, 6.07) is 1.72. The molecule has 1 amide bonds. The third-order valence-electron chi connectivity index (χ3n) is 4.16. The van der Waals surface area contributed by atoms with Crippen molar-refractivity contribution in [1.29, 1.82) is 0 Å². The lowest BCUT2D eigenvalue weighted by atomic mass is 10.1. The summed E-state index contributed by atoms with van der Waals surface area (Å²) < 4.78 is 1.48. The van der Waals surface area contributed by atoms with Gasteiger partial charge >= 0.3 is 0 Å². The molecule has 0 radical (unpaired) electrons. The Bertz CT molecular complexity index is 834. The van der Waals surface area contributed by atoms with Gasteiger partial charge in [-0.05, 0) is 32.8 Å². The van der Waals surface area contributed by atoms with Gasteiger partial charge in [0.15, 0.2) is 0 Å². The van der Waals surface area contributed by atoms with Crippen LogP contribution >= 0.6 is 0 Å². The second kappa shape index (κ2) is 6.39. The number of carbonyl (C=O) groups is 1. The molecule has 0 atom stereocenters. The number of hydrogen-bond acceptors (Lipinski definition) is 6. The van der Waals surface area contributed by atoms with Crippen molar-refractivity contribution < 1.29 is 4.79 Å². The Hall–Kier alpha value is -3.16. The van der Waals surface area contributed by atoms with E-state index >= 15 is 0 Å². The molecule has 8 nitrogen and oxygen atoms in total. The number of aromatic nitrogens is 4. The summed E-state index contributed by atoms with van der Waals surface area (Å²) >= 11 is 0. The van der Waals surface area contributed by atoms with Gasteiger partial charge in [-0.1, -0.05) is 6.58 Å². The Balaban J connectivity index is 1.66. The Labute approximate surface area is 145 Å². The Morgan fingerprint density at radius 1 is 1.36 bits per heavy atom. The number of nitrogens with two attached hydrogens (primary N) is 1. The average Bonchev–Trinajstić information content (AvgIpc) is 3.15. The molecule has 0 unspecified atom stereocenters. The van der Waals surface area contributed by atoms with E-state index in [0.717, 1.165) is 12.8 Å². The van der Waals surface area contributed by atoms with E-state index in [0.29, 0.717) is 28.6 Å². The van der Waals surface area contributed by atoms with Gasteiger partial charge in [-0.2, -0.15) is 5.10 Å². The second-order valence-corrected chi connectivity index (χ2v) is 6.38. The molecule has 3 rings (SSSR count). The summed E-state index contributed by atoms with van der Waals surface area (Å²) in [5, 5.41) is 10.1. The van der Waals surface area contributed by atoms with Gasteiger partial charge in [0.2, 0.25) is 5.95 Å². The van der Waals surface area contributed by atoms with Gasteiger partial charge in [0.05, 0.1) is 18.1 Å². The summed E-state index contributed by atoms with van der Waals surface area (Å²) in [5.74, 6) is 0.564. The Kier molecular flexibility index (Phi) is 4.26. The number of nitrogens with zero attached hydrogens (tertiary/aromatic N) is 4. The van der Waals surface area contributed by atoms with E-state index in [1.54, 1.807) is 31.6 Å². The fraction of sp³-hybridized carbons (Fsp3) is 0.294. The molecule has 1 aliphatic rings. The minimum atomic E-state index is -0.336. The van der Waals surface area contributed by atoms with Gasteiger partial charge in [-0.15, -0.1) is 0 Å². The van der Waals surface area contributed by atoms with E-state index in [-0.39, 0.29) is 11.4 Å². The topological polar surface area (TPSA) is 111 Å². The van der Waals surface area contributed by atoms with Crippen molar-refractivity contribution >= 4 is 11.6 Å². The van der Waals surface area contributed by atoms with Crippen LogP contribution in [0.15, 0.2) is 54.4 Å². The highest BCUT2D eigenvalue weighted by molar-refractivity contribution is 6.06. The molecular weight excluding hydrogens is 318 g/mol. The van der Waals surface area contributed by atoms with Crippen LogP contribution in [-0.2, 0) is 4.79 Å². The van der Waals surface area contributed by atoms with Crippen LogP contribution in [-0.4, -0.2) is 31.2 Å². The largest absolute Gasteiger partial charge is 0.385 e. The first-order chi connectivity index (χ1) is 11.9. The van der Waals surface area contributed by atoms with Crippen molar-refractivity contribution in [2.24, 2.45) is 5.73 Å². The normalized spacial score (nSPS) is 15.9. The highest BCUT2D eigenvalue weighted by Crippen LogP contribution is 2.35. The van der Waals surface area contributed by atoms with Gasteiger partial charge in [0, 0.05) is 29.1 Å². The molecule has 2 aromatic heterocycles. The third-order valence-corrected chi connectivity index (χ3v) is 4.16. The van der Waals surface area contributed by atoms with Crippen LogP contribution in [0, 0.1) is 0 Å². The van der Waals surface area contributed by atoms with Crippen molar-refractivity contribution in [2.45, 2.75) is 32.2 Å². The predicted octanol–water partition coefficient (Wildman–Crippen LogP) is 1.49. The zero-order valence-corrected chi connectivity index (χ0v) is 14.3. The zero-order valence-electron chi connectivity index (χ0n) is 14.3. The van der Waals surface area contributed by atoms with Gasteiger partial charge in [-0.25, -0.2) is 14.6 Å². The predicted molar refractivity (Wildman–Crippen MR) is 94.6 cm³/mol. The maximum absolute atomic E-state index is 12.4. The number of anilines is 1. The molecule has 0 bridgehead atoms. The van der Waals surface area contributed by atoms with E-state index in [1.807, 2.05) is 0 Å². The standard InChI is InChI=1S/C17H21N7O/c1-11(14(18)23-17(3)5-6-17)12(2)15(25)22-13-9-21-24(10-13)16-19-7-4-8-20-16/h4,7-10,23H,2,5-6,18H2,1,3H3,(H,22,25)/b14-11-. The molecule has 0 saturated heterocycles. The highest BCUT2D eigenvalue weighted by atomic mass is 16.1. The maximum atomic E-state index is 12.4. The molecule has 2 aromatic rings. The minimum Gasteiger partial charge on any atom is -0.385 e. The van der Waals surface area contributed by atoms with Crippen LogP contribution in [0.5, 0.6) is 0 Å². The first kappa shape index (κ1) is 16.7. The van der Waals surface area contributed by atoms with Gasteiger partial charge in [-0.3, -0.25) is 4.79 Å². The van der Waals surface area contributed by atoms with Crippen molar-refractivity contribution in [3.8, 4) is 5.95 Å². The van der Waals surface area contributed by atoms with E-state index < -0.39 is 0 Å². The molecule has 1 aliphatic carbocycles. The average molecular weight is 339 g/mol. The van der Waals surface area contributed by atoms with E-state index in [1.165, 1.54) is 10.9 Å². The number of amides is 1. The number of nitrogens with one attached hydrogen (secondary N) is 2. The van der Waals surface area contributed by atoms with Crippen molar-refractivity contribution in [2.75, 3.05) is 5.32 Å². The lowest BCUT2D eigenvalue weighted by Gasteiger charge is -2.16. The van der Waals surface area contributed by atoms with Crippen molar-refractivity contribution in [3.63, 3.8) is 0 Å². The van der Waals surface area contributed by atoms with Crippen molar-refractivity contribution in [1.82, 2.24) is 25.1 Å². The summed E-state index contributed by atoms with van der Waals surface area (Å²) in [6.45, 7) is 7.71. The van der Waals surface area contributed by atoms with Gasteiger partial charge in [0.1, 0.15) is 5.82 Å². The molecule has 0 aromatic carbocycles. The summed E-state index contributed by atoms with van der Waals surface area (Å²) in [6.07, 6.45) is 8.53. The monoisotopic (exact) mass is 339 g/mol. The quantitative estimate of drug-likeness (QED) is 0.543. The molecular formula is C17H21N7O. The maximum Gasteiger partial charge on any atom is 0.255 e. The van der Waals surface area contributed by atoms with Crippen molar-refractivity contribution in [3.05, 3.63) is 54.4 Å². The first-order valence-electron chi connectivity index (χ1n) is 7.95. The Morgan fingerprint density at radius 3 is 2.68 bits per heavy atom. The first-order valence-corrected chi connectivity index (χ1v) is 7.95. The summed E-state index contributed by atoms with van der Waals surface area (Å²) in [5.41, 5.74) is 7.54. The number of rotatable bonds is 6.